The van der Waals surface area contributed by atoms with Gasteiger partial charge in [-0.25, -0.2) is 0 Å². The Kier molecular flexibility index (Phi) is 1.93. The minimum absolute atomic E-state index is 0.0938. The van der Waals surface area contributed by atoms with E-state index in [9.17, 15) is 9.90 Å². The normalized spacial score (nSPS) is 42.9. The molecule has 2 heteroatoms. The lowest BCUT2D eigenvalue weighted by Gasteiger charge is -2.40. The van der Waals surface area contributed by atoms with Crippen molar-refractivity contribution >= 4 is 5.78 Å². The van der Waals surface area contributed by atoms with Gasteiger partial charge in [0.2, 0.25) is 0 Å². The van der Waals surface area contributed by atoms with Crippen molar-refractivity contribution in [1.29, 1.82) is 0 Å². The van der Waals surface area contributed by atoms with Crippen LogP contribution in [-0.2, 0) is 4.79 Å². The predicted molar refractivity (Wildman–Crippen MR) is 54.7 cm³/mol. The Hall–Kier alpha value is -0.890. The molecule has 1 N–H and O–H groups in total. The molecule has 2 saturated carbocycles. The predicted octanol–water partition coefficient (Wildman–Crippen LogP) is 1.85. The molecule has 0 radical (unpaired) electrons. The zero-order valence-electron chi connectivity index (χ0n) is 8.55. The van der Waals surface area contributed by atoms with E-state index in [1.165, 1.54) is 0 Å². The van der Waals surface area contributed by atoms with Crippen LogP contribution in [0.4, 0.5) is 0 Å². The summed E-state index contributed by atoms with van der Waals surface area (Å²) in [6.07, 6.45) is 1.73. The molecule has 0 bridgehead atoms. The Morgan fingerprint density at radius 2 is 2.14 bits per heavy atom. The van der Waals surface area contributed by atoms with Crippen LogP contribution in [0.25, 0.3) is 0 Å². The van der Waals surface area contributed by atoms with Crippen molar-refractivity contribution in [2.24, 2.45) is 11.3 Å². The molecule has 2 fully saturated rings. The van der Waals surface area contributed by atoms with E-state index in [1.807, 2.05) is 6.92 Å². The van der Waals surface area contributed by atoms with Gasteiger partial charge in [-0.05, 0) is 24.8 Å². The largest absolute Gasteiger partial charge is 0.393 e. The number of aliphatic hydroxyl groups is 1. The van der Waals surface area contributed by atoms with Gasteiger partial charge >= 0.3 is 0 Å². The third-order valence-corrected chi connectivity index (χ3v) is 3.77. The van der Waals surface area contributed by atoms with E-state index in [4.69, 9.17) is 0 Å². The van der Waals surface area contributed by atoms with E-state index in [2.05, 4.69) is 13.2 Å². The molecule has 76 valence electrons. The third-order valence-electron chi connectivity index (χ3n) is 3.77. The summed E-state index contributed by atoms with van der Waals surface area (Å²) in [4.78, 5) is 11.8. The Balaban J connectivity index is 2.45. The second-order valence-corrected chi connectivity index (χ2v) is 4.80. The highest BCUT2D eigenvalue weighted by atomic mass is 16.3. The number of aliphatic hydroxyl groups excluding tert-OH is 1. The molecule has 0 heterocycles. The highest BCUT2D eigenvalue weighted by Crippen LogP contribution is 2.53. The van der Waals surface area contributed by atoms with E-state index < -0.39 is 0 Å². The second kappa shape index (κ2) is 2.80. The van der Waals surface area contributed by atoms with E-state index >= 15 is 0 Å². The number of rotatable bonds is 0. The van der Waals surface area contributed by atoms with Crippen LogP contribution < -0.4 is 0 Å². The van der Waals surface area contributed by atoms with Crippen LogP contribution in [-0.4, -0.2) is 17.0 Å². The first-order valence-corrected chi connectivity index (χ1v) is 5.04. The van der Waals surface area contributed by atoms with E-state index in [1.54, 1.807) is 0 Å². The lowest BCUT2D eigenvalue weighted by molar-refractivity contribution is -0.121. The maximum absolute atomic E-state index is 11.8. The van der Waals surface area contributed by atoms with Crippen LogP contribution in [0.3, 0.4) is 0 Å². The second-order valence-electron chi connectivity index (χ2n) is 4.80. The maximum atomic E-state index is 11.8. The molecule has 3 unspecified atom stereocenters. The van der Waals surface area contributed by atoms with E-state index in [0.717, 1.165) is 18.4 Å². The molecule has 2 rings (SSSR count). The maximum Gasteiger partial charge on any atom is 0.166 e. The van der Waals surface area contributed by atoms with Crippen molar-refractivity contribution < 1.29 is 9.90 Å². The number of fused-ring (bicyclic) bond motifs is 1. The van der Waals surface area contributed by atoms with Crippen LogP contribution in [0.5, 0.6) is 0 Å². The summed E-state index contributed by atoms with van der Waals surface area (Å²) in [5, 5.41) is 9.96. The molecule has 2 aliphatic rings. The highest BCUT2D eigenvalue weighted by molar-refractivity contribution is 6.01. The lowest BCUT2D eigenvalue weighted by Crippen LogP contribution is -2.42. The van der Waals surface area contributed by atoms with Crippen LogP contribution in [0.2, 0.25) is 0 Å². The zero-order valence-corrected chi connectivity index (χ0v) is 8.55. The Morgan fingerprint density at radius 3 is 2.71 bits per heavy atom. The lowest BCUT2D eigenvalue weighted by atomic mass is 9.65. The molecule has 0 aromatic carbocycles. The van der Waals surface area contributed by atoms with Crippen molar-refractivity contribution in [2.75, 3.05) is 0 Å². The van der Waals surface area contributed by atoms with Crippen molar-refractivity contribution in [3.05, 3.63) is 24.3 Å². The molecule has 2 aliphatic carbocycles. The number of carbonyl (C=O) groups excluding carboxylic acids is 1. The van der Waals surface area contributed by atoms with E-state index in [-0.39, 0.29) is 23.2 Å². The minimum Gasteiger partial charge on any atom is -0.393 e. The van der Waals surface area contributed by atoms with Gasteiger partial charge in [0.05, 0.1) is 12.0 Å². The Morgan fingerprint density at radius 1 is 1.50 bits per heavy atom. The fourth-order valence-electron chi connectivity index (χ4n) is 2.91. The Labute approximate surface area is 84.3 Å². The minimum atomic E-state index is -0.388. The van der Waals surface area contributed by atoms with Crippen molar-refractivity contribution in [3.63, 3.8) is 0 Å². The quantitative estimate of drug-likeness (QED) is 0.470. The molecule has 0 amide bonds. The van der Waals surface area contributed by atoms with Gasteiger partial charge in [-0.3, -0.25) is 4.79 Å². The zero-order chi connectivity index (χ0) is 10.5. The van der Waals surface area contributed by atoms with Crippen LogP contribution in [0.1, 0.15) is 26.2 Å². The molecule has 3 atom stereocenters. The van der Waals surface area contributed by atoms with Crippen LogP contribution >= 0.6 is 0 Å². The standard InChI is InChI=1S/C12H16O2/c1-7-4-5-9(13)12(3)6-8(2)11(14)10(7)12/h9-10,13H,1-2,4-6H2,3H3. The number of Topliss-reactive ketones (excluding diaryl/α,β-unsaturated/α-hetero) is 1. The molecule has 0 spiro atoms. The van der Waals surface area contributed by atoms with Crippen LogP contribution in [0, 0.1) is 11.3 Å². The summed E-state index contributed by atoms with van der Waals surface area (Å²) in [5.74, 6) is -0.0880. The summed E-state index contributed by atoms with van der Waals surface area (Å²) >= 11 is 0. The SMILES string of the molecule is C=C1CC2(C)C(O)CCC(=C)C2C1=O. The van der Waals surface area contributed by atoms with Crippen molar-refractivity contribution in [3.8, 4) is 0 Å². The first-order valence-electron chi connectivity index (χ1n) is 5.04. The average Bonchev–Trinajstić information content (AvgIpc) is 2.34. The number of ketones is 1. The number of hydrogen-bond donors (Lipinski definition) is 1. The van der Waals surface area contributed by atoms with Gasteiger partial charge in [-0.15, -0.1) is 0 Å². The Bertz CT molecular complexity index is 329. The number of hydrogen-bond acceptors (Lipinski definition) is 2. The fourth-order valence-corrected chi connectivity index (χ4v) is 2.91. The molecular weight excluding hydrogens is 176 g/mol. The molecule has 14 heavy (non-hydrogen) atoms. The van der Waals surface area contributed by atoms with Crippen molar-refractivity contribution in [1.82, 2.24) is 0 Å². The molecular formula is C12H16O2. The summed E-state index contributed by atoms with van der Waals surface area (Å²) in [5.41, 5.74) is 1.30. The van der Waals surface area contributed by atoms with Gasteiger partial charge in [0.25, 0.3) is 0 Å². The van der Waals surface area contributed by atoms with Gasteiger partial charge in [0.1, 0.15) is 0 Å². The number of allylic oxidation sites excluding steroid dienone is 2. The summed E-state index contributed by atoms with van der Waals surface area (Å²) in [7, 11) is 0. The molecule has 0 aromatic heterocycles. The third kappa shape index (κ3) is 1.04. The highest BCUT2D eigenvalue weighted by Gasteiger charge is 2.53. The van der Waals surface area contributed by atoms with Gasteiger partial charge in [0, 0.05) is 5.41 Å². The molecule has 0 saturated heterocycles. The van der Waals surface area contributed by atoms with Gasteiger partial charge < -0.3 is 5.11 Å². The number of carbonyl (C=O) groups is 1. The van der Waals surface area contributed by atoms with E-state index in [0.29, 0.717) is 12.0 Å². The summed E-state index contributed by atoms with van der Waals surface area (Å²) in [6, 6.07) is 0. The molecule has 2 nitrogen and oxygen atoms in total. The monoisotopic (exact) mass is 192 g/mol. The fraction of sp³-hybridized carbons (Fsp3) is 0.583. The molecule has 0 aromatic rings. The van der Waals surface area contributed by atoms with Crippen LogP contribution in [0.15, 0.2) is 24.3 Å². The van der Waals surface area contributed by atoms with Gasteiger partial charge in [-0.1, -0.05) is 25.7 Å². The summed E-state index contributed by atoms with van der Waals surface area (Å²) < 4.78 is 0. The van der Waals surface area contributed by atoms with Gasteiger partial charge in [-0.2, -0.15) is 0 Å². The smallest absolute Gasteiger partial charge is 0.166 e. The summed E-state index contributed by atoms with van der Waals surface area (Å²) in [6.45, 7) is 9.69. The van der Waals surface area contributed by atoms with Crippen molar-refractivity contribution in [2.45, 2.75) is 32.3 Å². The topological polar surface area (TPSA) is 37.3 Å². The first kappa shape index (κ1) is 9.66. The molecule has 0 aliphatic heterocycles. The van der Waals surface area contributed by atoms with Gasteiger partial charge in [0.15, 0.2) is 5.78 Å². The first-order chi connectivity index (χ1) is 6.47. The average molecular weight is 192 g/mol.